The van der Waals surface area contributed by atoms with E-state index in [0.29, 0.717) is 12.3 Å². The van der Waals surface area contributed by atoms with Crippen LogP contribution < -0.4 is 0 Å². The summed E-state index contributed by atoms with van der Waals surface area (Å²) < 4.78 is 9.79. The predicted octanol–water partition coefficient (Wildman–Crippen LogP) is 1.06. The van der Waals surface area contributed by atoms with Crippen molar-refractivity contribution in [3.05, 3.63) is 11.1 Å². The van der Waals surface area contributed by atoms with Crippen molar-refractivity contribution in [1.82, 2.24) is 4.90 Å². The molecule has 1 aliphatic heterocycles. The average Bonchev–Trinajstić information content (AvgIpc) is 2.71. The van der Waals surface area contributed by atoms with Gasteiger partial charge in [-0.15, -0.1) is 11.8 Å². The van der Waals surface area contributed by atoms with Crippen LogP contribution in [-0.2, 0) is 14.3 Å². The van der Waals surface area contributed by atoms with Crippen LogP contribution >= 0.6 is 11.8 Å². The number of nitrogens with one attached hydrogen (secondary N) is 1. The van der Waals surface area contributed by atoms with Crippen molar-refractivity contribution in [2.24, 2.45) is 0 Å². The minimum absolute atomic E-state index is 0.0329. The van der Waals surface area contributed by atoms with Gasteiger partial charge in [0.1, 0.15) is 6.61 Å². The first-order chi connectivity index (χ1) is 7.65. The first-order valence-corrected chi connectivity index (χ1v) is 5.97. The third kappa shape index (κ3) is 3.86. The summed E-state index contributed by atoms with van der Waals surface area (Å²) in [6.45, 7) is 2.75. The van der Waals surface area contributed by atoms with Crippen molar-refractivity contribution in [3.8, 4) is 0 Å². The van der Waals surface area contributed by atoms with Gasteiger partial charge in [0.15, 0.2) is 0 Å². The molecule has 0 amide bonds. The highest BCUT2D eigenvalue weighted by Gasteiger charge is 2.19. The smallest absolute Gasteiger partial charge is 0.303 e. The quantitative estimate of drug-likeness (QED) is 0.559. The normalized spacial score (nSPS) is 14.9. The molecular weight excluding hydrogens is 228 g/mol. The van der Waals surface area contributed by atoms with Crippen molar-refractivity contribution >= 4 is 23.4 Å². The largest absolute Gasteiger partial charge is 0.459 e. The maximum absolute atomic E-state index is 10.6. The zero-order valence-electron chi connectivity index (χ0n) is 9.49. The molecule has 0 aliphatic carbocycles. The Kier molecular flexibility index (Phi) is 5.34. The molecule has 0 bridgehead atoms. The highest BCUT2D eigenvalue weighted by molar-refractivity contribution is 8.02. The van der Waals surface area contributed by atoms with Crippen LogP contribution in [0.25, 0.3) is 0 Å². The Morgan fingerprint density at radius 3 is 3.06 bits per heavy atom. The van der Waals surface area contributed by atoms with E-state index in [-0.39, 0.29) is 12.6 Å². The van der Waals surface area contributed by atoms with Gasteiger partial charge in [-0.25, -0.2) is 0 Å². The van der Waals surface area contributed by atoms with E-state index < -0.39 is 0 Å². The van der Waals surface area contributed by atoms with E-state index in [1.165, 1.54) is 6.92 Å². The monoisotopic (exact) mass is 244 g/mol. The fourth-order valence-corrected chi connectivity index (χ4v) is 2.22. The Hall–Kier alpha value is -1.01. The van der Waals surface area contributed by atoms with Gasteiger partial charge in [-0.1, -0.05) is 0 Å². The molecule has 1 aliphatic rings. The fourth-order valence-electron chi connectivity index (χ4n) is 1.25. The Morgan fingerprint density at radius 1 is 1.69 bits per heavy atom. The van der Waals surface area contributed by atoms with E-state index in [1.807, 2.05) is 10.3 Å². The minimum atomic E-state index is -0.362. The van der Waals surface area contributed by atoms with Crippen molar-refractivity contribution in [2.75, 3.05) is 32.7 Å². The third-order valence-corrected chi connectivity index (χ3v) is 2.91. The second-order valence-electron chi connectivity index (χ2n) is 3.31. The number of nitrogens with zero attached hydrogens (tertiary/aromatic N) is 1. The Balaban J connectivity index is 2.44. The van der Waals surface area contributed by atoms with Crippen LogP contribution in [0.5, 0.6) is 0 Å². The van der Waals surface area contributed by atoms with E-state index in [2.05, 4.69) is 0 Å². The summed E-state index contributed by atoms with van der Waals surface area (Å²) >= 11 is 1.63. The van der Waals surface area contributed by atoms with Gasteiger partial charge in [0.25, 0.3) is 0 Å². The molecule has 16 heavy (non-hydrogen) atoms. The number of ether oxygens (including phenoxy) is 2. The maximum Gasteiger partial charge on any atom is 0.303 e. The van der Waals surface area contributed by atoms with E-state index in [0.717, 1.165) is 18.1 Å². The molecule has 0 radical (unpaired) electrons. The van der Waals surface area contributed by atoms with Crippen LogP contribution in [-0.4, -0.2) is 49.3 Å². The van der Waals surface area contributed by atoms with Crippen LogP contribution in [0.3, 0.4) is 0 Å². The lowest BCUT2D eigenvalue weighted by Gasteiger charge is -2.21. The van der Waals surface area contributed by atoms with Crippen LogP contribution in [0.1, 0.15) is 6.92 Å². The summed E-state index contributed by atoms with van der Waals surface area (Å²) in [6, 6.07) is 0. The zero-order chi connectivity index (χ0) is 12.0. The van der Waals surface area contributed by atoms with Crippen molar-refractivity contribution in [3.63, 3.8) is 0 Å². The Bertz CT molecular complexity index is 304. The molecular formula is C10H16N2O3S. The minimum Gasteiger partial charge on any atom is -0.459 e. The summed E-state index contributed by atoms with van der Waals surface area (Å²) in [5, 5.41) is 9.72. The van der Waals surface area contributed by atoms with E-state index in [9.17, 15) is 4.79 Å². The van der Waals surface area contributed by atoms with Gasteiger partial charge in [0.05, 0.1) is 23.9 Å². The number of carbonyl (C=O) groups excluding carboxylic acids is 1. The van der Waals surface area contributed by atoms with Crippen LogP contribution in [0.15, 0.2) is 11.1 Å². The van der Waals surface area contributed by atoms with E-state index >= 15 is 0 Å². The number of carbonyl (C=O) groups is 1. The summed E-state index contributed by atoms with van der Waals surface area (Å²) in [4.78, 5) is 12.7. The third-order valence-electron chi connectivity index (χ3n) is 2.06. The highest BCUT2D eigenvalue weighted by atomic mass is 32.2. The van der Waals surface area contributed by atoms with Gasteiger partial charge in [-0.2, -0.15) is 0 Å². The van der Waals surface area contributed by atoms with Gasteiger partial charge < -0.3 is 14.4 Å². The topological polar surface area (TPSA) is 62.6 Å². The Morgan fingerprint density at radius 2 is 2.44 bits per heavy atom. The van der Waals surface area contributed by atoms with Crippen molar-refractivity contribution in [2.45, 2.75) is 6.92 Å². The number of hydrogen-bond acceptors (Lipinski definition) is 6. The number of methoxy groups -OCH3 is 1. The summed E-state index contributed by atoms with van der Waals surface area (Å²) in [5.41, 5.74) is 1.15. The number of hydrogen-bond donors (Lipinski definition) is 1. The van der Waals surface area contributed by atoms with Crippen LogP contribution in [0, 0.1) is 5.41 Å². The SMILES string of the molecule is COCCN1CSC=C1C(=N)COC(C)=O. The maximum atomic E-state index is 10.6. The molecule has 90 valence electrons. The first-order valence-electron chi connectivity index (χ1n) is 4.92. The Labute approximate surface area is 99.3 Å². The molecule has 0 aromatic rings. The van der Waals surface area contributed by atoms with Gasteiger partial charge in [-0.05, 0) is 5.41 Å². The second-order valence-corrected chi connectivity index (χ2v) is 4.14. The lowest BCUT2D eigenvalue weighted by atomic mass is 10.3. The molecule has 0 atom stereocenters. The van der Waals surface area contributed by atoms with E-state index in [1.54, 1.807) is 18.9 Å². The number of esters is 1. The molecule has 0 fully saturated rings. The average molecular weight is 244 g/mol. The molecule has 0 aromatic carbocycles. The van der Waals surface area contributed by atoms with Gasteiger partial charge >= 0.3 is 5.97 Å². The predicted molar refractivity (Wildman–Crippen MR) is 63.5 cm³/mol. The lowest BCUT2D eigenvalue weighted by Crippen LogP contribution is -2.29. The van der Waals surface area contributed by atoms with Crippen LogP contribution in [0.4, 0.5) is 0 Å². The fraction of sp³-hybridized carbons (Fsp3) is 0.600. The molecule has 0 saturated heterocycles. The van der Waals surface area contributed by atoms with Crippen molar-refractivity contribution in [1.29, 1.82) is 5.41 Å². The summed E-state index contributed by atoms with van der Waals surface area (Å²) in [7, 11) is 1.65. The number of thioether (sulfide) groups is 1. The van der Waals surface area contributed by atoms with Gasteiger partial charge in [0.2, 0.25) is 0 Å². The second kappa shape index (κ2) is 6.55. The molecule has 0 saturated carbocycles. The number of rotatable bonds is 6. The molecule has 0 aromatic heterocycles. The summed E-state index contributed by atoms with van der Waals surface area (Å²) in [6.07, 6.45) is 0. The summed E-state index contributed by atoms with van der Waals surface area (Å²) in [5.74, 6) is 0.459. The standard InChI is InChI=1S/C10H16N2O3S/c1-8(13)15-5-9(11)10-6-16-7-12(10)3-4-14-2/h6,11H,3-5,7H2,1-2H3. The highest BCUT2D eigenvalue weighted by Crippen LogP contribution is 2.23. The van der Waals surface area contributed by atoms with Crippen LogP contribution in [0.2, 0.25) is 0 Å². The lowest BCUT2D eigenvalue weighted by molar-refractivity contribution is -0.139. The zero-order valence-corrected chi connectivity index (χ0v) is 10.3. The van der Waals surface area contributed by atoms with Gasteiger partial charge in [0, 0.05) is 20.6 Å². The molecule has 5 nitrogen and oxygen atoms in total. The molecule has 0 spiro atoms. The van der Waals surface area contributed by atoms with E-state index in [4.69, 9.17) is 14.9 Å². The van der Waals surface area contributed by atoms with Gasteiger partial charge in [-0.3, -0.25) is 10.2 Å². The molecule has 1 heterocycles. The molecule has 1 rings (SSSR count). The first kappa shape index (κ1) is 13.1. The van der Waals surface area contributed by atoms with Crippen molar-refractivity contribution < 1.29 is 14.3 Å². The molecule has 6 heteroatoms. The molecule has 1 N–H and O–H groups in total. The molecule has 0 unspecified atom stereocenters.